The van der Waals surface area contributed by atoms with E-state index in [1.54, 1.807) is 17.8 Å². The fourth-order valence-electron chi connectivity index (χ4n) is 3.25. The van der Waals surface area contributed by atoms with Crippen molar-refractivity contribution in [3.05, 3.63) is 12.7 Å². The van der Waals surface area contributed by atoms with Crippen LogP contribution in [-0.2, 0) is 25.3 Å². The fraction of sp³-hybridized carbons (Fsp3) is 0.667. The quantitative estimate of drug-likeness (QED) is 0.200. The predicted molar refractivity (Wildman–Crippen MR) is 130 cm³/mol. The molecule has 0 amide bonds. The number of nitrogens with zero attached hydrogens (tertiary/aromatic N) is 5. The van der Waals surface area contributed by atoms with E-state index in [1.807, 2.05) is 0 Å². The number of fused-ring (bicyclic) bond motifs is 1. The molecule has 0 spiro atoms. The Balaban J connectivity index is 2.14. The number of anilines is 1. The number of oxime groups is 1. The number of aromatic nitrogens is 4. The normalized spacial score (nSPS) is 15.3. The molecule has 0 saturated carbocycles. The molecule has 0 aliphatic heterocycles. The van der Waals surface area contributed by atoms with Crippen molar-refractivity contribution in [2.45, 2.75) is 73.1 Å². The van der Waals surface area contributed by atoms with Gasteiger partial charge in [-0.25, -0.2) is 20.0 Å². The van der Waals surface area contributed by atoms with E-state index in [-0.39, 0.29) is 12.2 Å². The molecule has 13 heteroatoms. The Kier molecular flexibility index (Phi) is 9.96. The lowest BCUT2D eigenvalue weighted by Crippen LogP contribution is -2.33. The third kappa shape index (κ3) is 8.34. The first-order chi connectivity index (χ1) is 15.9. The number of ether oxygens (including phenoxy) is 1. The van der Waals surface area contributed by atoms with Crippen LogP contribution < -0.4 is 10.8 Å². The van der Waals surface area contributed by atoms with Crippen LogP contribution in [-0.4, -0.2) is 54.8 Å². The van der Waals surface area contributed by atoms with Crippen LogP contribution >= 0.6 is 7.52 Å². The molecule has 4 N–H and O–H groups in total. The molecule has 0 fully saturated rings. The highest BCUT2D eigenvalue weighted by molar-refractivity contribution is 7.56. The van der Waals surface area contributed by atoms with E-state index >= 15 is 0 Å². The molecule has 0 radical (unpaired) electrons. The van der Waals surface area contributed by atoms with Gasteiger partial charge in [0, 0.05) is 0 Å². The molecule has 3 atom stereocenters. The SMILES string of the molecule is CC(C)CC(CC(C)C)=NOP(=O)(CO[C@@H](C)Cn1cnc2c(N)ncnc21)N[C@@H](C)C(=O)O. The summed E-state index contributed by atoms with van der Waals surface area (Å²) in [5, 5.41) is 16.0. The van der Waals surface area contributed by atoms with Gasteiger partial charge in [0.25, 0.3) is 0 Å². The van der Waals surface area contributed by atoms with Crippen LogP contribution in [0.3, 0.4) is 0 Å². The Morgan fingerprint density at radius 3 is 2.41 bits per heavy atom. The van der Waals surface area contributed by atoms with Gasteiger partial charge >= 0.3 is 13.5 Å². The first-order valence-corrected chi connectivity index (χ1v) is 13.1. The van der Waals surface area contributed by atoms with Crippen molar-refractivity contribution in [1.82, 2.24) is 24.6 Å². The average Bonchev–Trinajstić information content (AvgIpc) is 3.14. The number of nitrogen functional groups attached to an aromatic ring is 1. The summed E-state index contributed by atoms with van der Waals surface area (Å²) in [5.41, 5.74) is 7.63. The Labute approximate surface area is 199 Å². The number of carbonyl (C=O) groups is 1. The smallest absolute Gasteiger partial charge is 0.364 e. The zero-order chi connectivity index (χ0) is 25.5. The Morgan fingerprint density at radius 2 is 1.82 bits per heavy atom. The van der Waals surface area contributed by atoms with E-state index in [0.29, 0.717) is 42.4 Å². The van der Waals surface area contributed by atoms with Crippen molar-refractivity contribution in [1.29, 1.82) is 0 Å². The molecule has 12 nitrogen and oxygen atoms in total. The number of hydrogen-bond acceptors (Lipinski definition) is 9. The molecule has 34 heavy (non-hydrogen) atoms. The van der Waals surface area contributed by atoms with Crippen molar-refractivity contribution < 1.29 is 23.8 Å². The van der Waals surface area contributed by atoms with E-state index in [1.165, 1.54) is 13.3 Å². The summed E-state index contributed by atoms with van der Waals surface area (Å²) in [5.74, 6) is -0.206. The molecule has 0 aromatic carbocycles. The second-order valence-electron chi connectivity index (χ2n) is 9.23. The van der Waals surface area contributed by atoms with Crippen molar-refractivity contribution >= 4 is 36.2 Å². The third-order valence-corrected chi connectivity index (χ3v) is 6.38. The molecule has 2 aromatic rings. The third-order valence-electron chi connectivity index (χ3n) is 4.76. The zero-order valence-electron chi connectivity index (χ0n) is 20.6. The highest BCUT2D eigenvalue weighted by atomic mass is 31.2. The summed E-state index contributed by atoms with van der Waals surface area (Å²) in [6.07, 6.45) is 3.50. The van der Waals surface area contributed by atoms with E-state index in [2.05, 4.69) is 52.9 Å². The van der Waals surface area contributed by atoms with Gasteiger partial charge in [0.2, 0.25) is 0 Å². The molecule has 0 aliphatic rings. The standard InChI is InChI=1S/C21H36N7O5P/c1-13(2)7-17(8-14(3)4)26-33-34(31,27-16(6)21(29)30)12-32-15(5)9-28-11-25-18-19(22)23-10-24-20(18)28/h10-11,13-16H,7-9,12H2,1-6H3,(H,27,31)(H,29,30)(H2,22,23,24)/t15-,16-,34?/m0/s1. The first kappa shape index (κ1) is 27.7. The summed E-state index contributed by atoms with van der Waals surface area (Å²) < 4.78 is 26.5. The molecule has 0 bridgehead atoms. The van der Waals surface area contributed by atoms with Gasteiger partial charge in [-0.2, -0.15) is 0 Å². The molecule has 2 rings (SSSR count). The van der Waals surface area contributed by atoms with Crippen LogP contribution in [0, 0.1) is 11.8 Å². The minimum Gasteiger partial charge on any atom is -0.480 e. The predicted octanol–water partition coefficient (Wildman–Crippen LogP) is 3.49. The maximum Gasteiger partial charge on any atom is 0.364 e. The van der Waals surface area contributed by atoms with Gasteiger partial charge in [-0.3, -0.25) is 9.36 Å². The molecule has 0 saturated heterocycles. The summed E-state index contributed by atoms with van der Waals surface area (Å²) in [4.78, 5) is 23.7. The number of carboxylic acid groups (broad SMARTS) is 1. The highest BCUT2D eigenvalue weighted by Crippen LogP contribution is 2.44. The molecular formula is C21H36N7O5P. The molecular weight excluding hydrogens is 461 g/mol. The first-order valence-electron chi connectivity index (χ1n) is 11.3. The van der Waals surface area contributed by atoms with E-state index in [0.717, 1.165) is 5.71 Å². The van der Waals surface area contributed by atoms with Crippen LogP contribution in [0.5, 0.6) is 0 Å². The summed E-state index contributed by atoms with van der Waals surface area (Å²) in [6.45, 7) is 11.7. The molecule has 2 aromatic heterocycles. The van der Waals surface area contributed by atoms with Crippen LogP contribution in [0.2, 0.25) is 0 Å². The average molecular weight is 498 g/mol. The second-order valence-corrected chi connectivity index (χ2v) is 11.3. The number of aliphatic carboxylic acids is 1. The number of rotatable bonds is 14. The molecule has 190 valence electrons. The zero-order valence-corrected chi connectivity index (χ0v) is 21.5. The fourth-order valence-corrected chi connectivity index (χ4v) is 4.81. The number of carboxylic acids is 1. The van der Waals surface area contributed by atoms with Gasteiger partial charge in [-0.1, -0.05) is 32.9 Å². The van der Waals surface area contributed by atoms with E-state index in [4.69, 9.17) is 15.1 Å². The number of hydrogen-bond donors (Lipinski definition) is 3. The van der Waals surface area contributed by atoms with Crippen molar-refractivity contribution in [3.63, 3.8) is 0 Å². The summed E-state index contributed by atoms with van der Waals surface area (Å²) in [7, 11) is -3.78. The maximum atomic E-state index is 13.5. The number of nitrogens with two attached hydrogens (primary N) is 1. The number of imidazole rings is 1. The van der Waals surface area contributed by atoms with Gasteiger partial charge in [-0.15, -0.1) is 0 Å². The topological polar surface area (TPSA) is 167 Å². The van der Waals surface area contributed by atoms with Crippen LogP contribution in [0.15, 0.2) is 17.8 Å². The lowest BCUT2D eigenvalue weighted by Gasteiger charge is -2.22. The molecule has 2 heterocycles. The van der Waals surface area contributed by atoms with Gasteiger partial charge in [0.05, 0.1) is 24.7 Å². The lowest BCUT2D eigenvalue weighted by atomic mass is 9.99. The van der Waals surface area contributed by atoms with Gasteiger partial charge < -0.3 is 24.8 Å². The monoisotopic (exact) mass is 497 g/mol. The summed E-state index contributed by atoms with van der Waals surface area (Å²) in [6, 6.07) is -1.11. The maximum absolute atomic E-state index is 13.5. The van der Waals surface area contributed by atoms with Gasteiger partial charge in [0.15, 0.2) is 11.5 Å². The van der Waals surface area contributed by atoms with Crippen molar-refractivity contribution in [3.8, 4) is 0 Å². The van der Waals surface area contributed by atoms with Gasteiger partial charge in [0.1, 0.15) is 24.2 Å². The lowest BCUT2D eigenvalue weighted by molar-refractivity contribution is -0.138. The molecule has 1 unspecified atom stereocenters. The summed E-state index contributed by atoms with van der Waals surface area (Å²) >= 11 is 0. The Hall–Kier alpha value is -2.56. The van der Waals surface area contributed by atoms with Crippen LogP contribution in [0.1, 0.15) is 54.4 Å². The number of nitrogens with one attached hydrogen (secondary N) is 1. The van der Waals surface area contributed by atoms with Crippen LogP contribution in [0.25, 0.3) is 11.2 Å². The Morgan fingerprint density at radius 1 is 1.18 bits per heavy atom. The van der Waals surface area contributed by atoms with Crippen molar-refractivity contribution in [2.24, 2.45) is 17.0 Å². The largest absolute Gasteiger partial charge is 0.480 e. The van der Waals surface area contributed by atoms with Crippen molar-refractivity contribution in [2.75, 3.05) is 12.1 Å². The Bertz CT molecular complexity index is 1030. The van der Waals surface area contributed by atoms with Gasteiger partial charge in [-0.05, 0) is 38.5 Å². The minimum atomic E-state index is -3.78. The highest BCUT2D eigenvalue weighted by Gasteiger charge is 2.31. The van der Waals surface area contributed by atoms with Crippen LogP contribution in [0.4, 0.5) is 5.82 Å². The molecule has 0 aliphatic carbocycles. The minimum absolute atomic E-state index is 0.276. The van der Waals surface area contributed by atoms with E-state index < -0.39 is 25.6 Å². The van der Waals surface area contributed by atoms with E-state index in [9.17, 15) is 14.5 Å². The second kappa shape index (κ2) is 12.2.